The van der Waals surface area contributed by atoms with Crippen LogP contribution in [0.2, 0.25) is 12.6 Å². The normalized spacial score (nSPS) is 13.5. The largest absolute Gasteiger partial charge is 0.329 e. The van der Waals surface area contributed by atoms with Gasteiger partial charge in [0.2, 0.25) is 9.04 Å². The molecular weight excluding hydrogens is 144 g/mol. The van der Waals surface area contributed by atoms with Gasteiger partial charge in [0, 0.05) is 13.1 Å². The molecule has 61 valence electrons. The van der Waals surface area contributed by atoms with Gasteiger partial charge in [0.15, 0.2) is 0 Å². The second-order valence-electron chi connectivity index (χ2n) is 2.49. The number of hydrogen-bond acceptors (Lipinski definition) is 2. The molecular formula is C6H17N2OSi. The van der Waals surface area contributed by atoms with Crippen LogP contribution in [0.5, 0.6) is 0 Å². The first kappa shape index (κ1) is 10.1. The molecule has 4 heteroatoms. The van der Waals surface area contributed by atoms with Crippen molar-refractivity contribution in [3.05, 3.63) is 0 Å². The van der Waals surface area contributed by atoms with Crippen LogP contribution < -0.4 is 11.1 Å². The van der Waals surface area contributed by atoms with E-state index in [2.05, 4.69) is 5.32 Å². The maximum Gasteiger partial charge on any atom is 0.219 e. The Morgan fingerprint density at radius 3 is 2.70 bits per heavy atom. The maximum atomic E-state index is 10.6. The highest BCUT2D eigenvalue weighted by atomic mass is 28.3. The molecule has 0 aromatic carbocycles. The van der Waals surface area contributed by atoms with Crippen molar-refractivity contribution in [3.63, 3.8) is 0 Å². The molecule has 0 fully saturated rings. The molecule has 0 saturated carbocycles. The van der Waals surface area contributed by atoms with Crippen LogP contribution in [0, 0.1) is 0 Å². The topological polar surface area (TPSA) is 58.0 Å². The van der Waals surface area contributed by atoms with Gasteiger partial charge in [-0.25, -0.2) is 0 Å². The zero-order valence-corrected chi connectivity index (χ0v) is 7.75. The SMILES string of the molecule is C[SiH]([O])CCCNCCN. The first-order valence-corrected chi connectivity index (χ1v) is 6.28. The van der Waals surface area contributed by atoms with E-state index in [-0.39, 0.29) is 0 Å². The van der Waals surface area contributed by atoms with E-state index in [0.717, 1.165) is 25.6 Å². The molecule has 0 aliphatic heterocycles. The van der Waals surface area contributed by atoms with Crippen molar-refractivity contribution in [3.8, 4) is 0 Å². The van der Waals surface area contributed by atoms with Crippen molar-refractivity contribution in [1.29, 1.82) is 0 Å². The molecule has 0 spiro atoms. The molecule has 0 aromatic heterocycles. The molecule has 1 unspecified atom stereocenters. The summed E-state index contributed by atoms with van der Waals surface area (Å²) < 4.78 is 0. The fraction of sp³-hybridized carbons (Fsp3) is 1.00. The average Bonchev–Trinajstić information content (AvgIpc) is 1.87. The van der Waals surface area contributed by atoms with Crippen LogP contribution in [0.15, 0.2) is 0 Å². The summed E-state index contributed by atoms with van der Waals surface area (Å²) in [7, 11) is -1.54. The van der Waals surface area contributed by atoms with E-state index < -0.39 is 9.04 Å². The number of nitrogens with two attached hydrogens (primary N) is 1. The Balaban J connectivity index is 2.77. The molecule has 0 saturated heterocycles. The van der Waals surface area contributed by atoms with E-state index in [1.807, 2.05) is 6.55 Å². The van der Waals surface area contributed by atoms with Gasteiger partial charge >= 0.3 is 0 Å². The van der Waals surface area contributed by atoms with E-state index in [1.54, 1.807) is 0 Å². The summed E-state index contributed by atoms with van der Waals surface area (Å²) >= 11 is 0. The Morgan fingerprint density at radius 2 is 2.20 bits per heavy atom. The highest BCUT2D eigenvalue weighted by Crippen LogP contribution is 1.92. The first-order chi connectivity index (χ1) is 4.77. The van der Waals surface area contributed by atoms with Crippen molar-refractivity contribution in [2.24, 2.45) is 5.73 Å². The molecule has 1 radical (unpaired) electrons. The van der Waals surface area contributed by atoms with E-state index in [0.29, 0.717) is 6.54 Å². The molecule has 10 heavy (non-hydrogen) atoms. The Morgan fingerprint density at radius 1 is 1.50 bits per heavy atom. The summed E-state index contributed by atoms with van der Waals surface area (Å²) in [6.07, 6.45) is 1.02. The number of hydrogen-bond donors (Lipinski definition) is 2. The zero-order chi connectivity index (χ0) is 7.82. The van der Waals surface area contributed by atoms with Crippen molar-refractivity contribution in [2.75, 3.05) is 19.6 Å². The third kappa shape index (κ3) is 8.10. The minimum atomic E-state index is -1.54. The number of nitrogens with one attached hydrogen (secondary N) is 1. The van der Waals surface area contributed by atoms with Gasteiger partial charge in [-0.1, -0.05) is 0 Å². The third-order valence-corrected chi connectivity index (χ3v) is 2.51. The van der Waals surface area contributed by atoms with Crippen molar-refractivity contribution >= 4 is 9.04 Å². The van der Waals surface area contributed by atoms with E-state index >= 15 is 0 Å². The van der Waals surface area contributed by atoms with E-state index in [1.165, 1.54) is 0 Å². The first-order valence-electron chi connectivity index (χ1n) is 3.84. The van der Waals surface area contributed by atoms with Gasteiger partial charge in [0.25, 0.3) is 0 Å². The van der Waals surface area contributed by atoms with Crippen LogP contribution in [-0.4, -0.2) is 28.7 Å². The van der Waals surface area contributed by atoms with Crippen LogP contribution in [0.25, 0.3) is 0 Å². The van der Waals surface area contributed by atoms with Crippen LogP contribution in [0.4, 0.5) is 0 Å². The Kier molecular flexibility index (Phi) is 7.28. The minimum absolute atomic E-state index is 0.685. The van der Waals surface area contributed by atoms with Gasteiger partial charge in [0.1, 0.15) is 0 Å². The van der Waals surface area contributed by atoms with E-state index in [9.17, 15) is 4.80 Å². The summed E-state index contributed by atoms with van der Waals surface area (Å²) in [4.78, 5) is 10.6. The van der Waals surface area contributed by atoms with Gasteiger partial charge < -0.3 is 15.8 Å². The Labute approximate surface area is 64.3 Å². The summed E-state index contributed by atoms with van der Waals surface area (Å²) in [5, 5.41) is 3.15. The van der Waals surface area contributed by atoms with Gasteiger partial charge in [-0.05, 0) is 25.6 Å². The number of rotatable bonds is 6. The quantitative estimate of drug-likeness (QED) is 0.415. The third-order valence-electron chi connectivity index (χ3n) is 1.29. The monoisotopic (exact) mass is 161 g/mol. The lowest BCUT2D eigenvalue weighted by molar-refractivity contribution is 0.449. The van der Waals surface area contributed by atoms with Crippen molar-refractivity contribution < 1.29 is 4.80 Å². The molecule has 1 atom stereocenters. The lowest BCUT2D eigenvalue weighted by atomic mass is 10.5. The fourth-order valence-electron chi connectivity index (χ4n) is 0.742. The Bertz CT molecular complexity index is 70.8. The second kappa shape index (κ2) is 7.21. The average molecular weight is 161 g/mol. The molecule has 0 amide bonds. The smallest absolute Gasteiger partial charge is 0.219 e. The second-order valence-corrected chi connectivity index (χ2v) is 4.69. The summed E-state index contributed by atoms with van der Waals surface area (Å²) in [5.41, 5.74) is 5.25. The molecule has 0 bridgehead atoms. The summed E-state index contributed by atoms with van der Waals surface area (Å²) in [6, 6.07) is 0.900. The lowest BCUT2D eigenvalue weighted by Crippen LogP contribution is -2.23. The van der Waals surface area contributed by atoms with Crippen molar-refractivity contribution in [1.82, 2.24) is 5.32 Å². The highest BCUT2D eigenvalue weighted by Gasteiger charge is 1.98. The lowest BCUT2D eigenvalue weighted by Gasteiger charge is -2.01. The van der Waals surface area contributed by atoms with E-state index in [4.69, 9.17) is 5.73 Å². The highest BCUT2D eigenvalue weighted by molar-refractivity contribution is 6.48. The summed E-state index contributed by atoms with van der Waals surface area (Å²) in [5.74, 6) is 0. The molecule has 0 aliphatic rings. The van der Waals surface area contributed by atoms with Crippen LogP contribution >= 0.6 is 0 Å². The van der Waals surface area contributed by atoms with Gasteiger partial charge in [-0.15, -0.1) is 0 Å². The predicted octanol–water partition coefficient (Wildman–Crippen LogP) is -0.291. The standard InChI is InChI=1S/C6H17N2OSi/c1-10(9)6-2-4-8-5-3-7/h8,10H,2-7H2,1H3. The minimum Gasteiger partial charge on any atom is -0.329 e. The zero-order valence-electron chi connectivity index (χ0n) is 6.60. The maximum absolute atomic E-state index is 10.6. The van der Waals surface area contributed by atoms with Crippen molar-refractivity contribution in [2.45, 2.75) is 19.0 Å². The predicted molar refractivity (Wildman–Crippen MR) is 45.0 cm³/mol. The molecule has 0 aliphatic carbocycles. The Hall–Kier alpha value is 0.0969. The van der Waals surface area contributed by atoms with Crippen LogP contribution in [0.1, 0.15) is 6.42 Å². The van der Waals surface area contributed by atoms with Gasteiger partial charge in [-0.3, -0.25) is 0 Å². The molecule has 0 heterocycles. The molecule has 3 nitrogen and oxygen atoms in total. The van der Waals surface area contributed by atoms with Gasteiger partial charge in [-0.2, -0.15) is 0 Å². The molecule has 3 N–H and O–H groups in total. The fourth-order valence-corrected chi connectivity index (χ4v) is 1.52. The summed E-state index contributed by atoms with van der Waals surface area (Å²) in [6.45, 7) is 4.35. The molecule has 0 aromatic rings. The molecule has 0 rings (SSSR count). The van der Waals surface area contributed by atoms with Crippen LogP contribution in [-0.2, 0) is 4.80 Å². The van der Waals surface area contributed by atoms with Crippen LogP contribution in [0.3, 0.4) is 0 Å². The van der Waals surface area contributed by atoms with Gasteiger partial charge in [0.05, 0.1) is 0 Å².